The monoisotopic (exact) mass is 872 g/mol. The van der Waals surface area contributed by atoms with Crippen molar-refractivity contribution in [3.63, 3.8) is 0 Å². The minimum absolute atomic E-state index is 0.0229. The number of rotatable bonds is 32. The summed E-state index contributed by atoms with van der Waals surface area (Å²) in [4.78, 5) is 37.8. The Morgan fingerprint density at radius 2 is 0.875 bits per heavy atom. The highest BCUT2D eigenvalue weighted by atomic mass is 16.7. The molecule has 64 heavy (non-hydrogen) atoms. The van der Waals surface area contributed by atoms with Crippen molar-refractivity contribution in [2.24, 2.45) is 0 Å². The lowest BCUT2D eigenvalue weighted by molar-refractivity contribution is -0.199. The van der Waals surface area contributed by atoms with Crippen molar-refractivity contribution in [1.29, 1.82) is 0 Å². The van der Waals surface area contributed by atoms with Crippen molar-refractivity contribution >= 4 is 17.9 Å². The van der Waals surface area contributed by atoms with Crippen molar-refractivity contribution in [1.82, 2.24) is 0 Å². The number of carbonyl (C=O) groups is 3. The van der Waals surface area contributed by atoms with Crippen LogP contribution in [0.25, 0.3) is 0 Å². The van der Waals surface area contributed by atoms with Crippen molar-refractivity contribution in [2.45, 2.75) is 210 Å². The molecule has 0 radical (unpaired) electrons. The number of esters is 3. The maximum Gasteiger partial charge on any atom is 0.309 e. The summed E-state index contributed by atoms with van der Waals surface area (Å²) >= 11 is 0. The molecule has 3 heterocycles. The predicted molar refractivity (Wildman–Crippen MR) is 249 cm³/mol. The lowest BCUT2D eigenvalue weighted by atomic mass is 10.1. The van der Waals surface area contributed by atoms with Gasteiger partial charge >= 0.3 is 17.9 Å². The molecule has 0 saturated carbocycles. The minimum Gasteiger partial charge on any atom is -0.458 e. The van der Waals surface area contributed by atoms with E-state index in [4.69, 9.17) is 34.8 Å². The van der Waals surface area contributed by atoms with Crippen LogP contribution in [0.4, 0.5) is 0 Å². The lowest BCUT2D eigenvalue weighted by Gasteiger charge is -2.18. The van der Waals surface area contributed by atoms with Crippen LogP contribution in [0.5, 0.6) is 0 Å². The summed E-state index contributed by atoms with van der Waals surface area (Å²) in [6, 6.07) is 0. The van der Waals surface area contributed by atoms with E-state index in [1.807, 2.05) is 12.2 Å². The SMILES string of the molecule is C#CCCCCCC[C@H]1O[C@@H]1C#CC#CCCC(=O)OCC(OC(=O)CCC#CC#C[C@H]1O[C@@H]1CCCCCCCC=C)OC(=O)CCC#CC#C[C@H]1O[C@@H]1CCCCCCCC=C. The van der Waals surface area contributed by atoms with Crippen LogP contribution in [0.15, 0.2) is 25.3 Å². The highest BCUT2D eigenvalue weighted by Gasteiger charge is 2.37. The molecule has 6 atom stereocenters. The summed E-state index contributed by atoms with van der Waals surface area (Å²) in [6.07, 6.45) is 30.6. The molecule has 0 amide bonds. The Labute approximate surface area is 384 Å². The maximum atomic E-state index is 12.7. The number of terminal acetylenes is 1. The number of epoxide rings is 3. The summed E-state index contributed by atoms with van der Waals surface area (Å²) in [5, 5.41) is 0. The molecule has 0 aliphatic carbocycles. The zero-order chi connectivity index (χ0) is 45.7. The molecule has 0 bridgehead atoms. The Morgan fingerprint density at radius 3 is 1.28 bits per heavy atom. The van der Waals surface area contributed by atoms with E-state index in [0.29, 0.717) is 0 Å². The van der Waals surface area contributed by atoms with E-state index >= 15 is 0 Å². The number of allylic oxidation sites excluding steroid dienone is 2. The number of ether oxygens (including phenoxy) is 6. The van der Waals surface area contributed by atoms with Gasteiger partial charge in [0.25, 0.3) is 6.29 Å². The van der Waals surface area contributed by atoms with Crippen molar-refractivity contribution in [3.8, 4) is 83.4 Å². The van der Waals surface area contributed by atoms with E-state index in [9.17, 15) is 14.4 Å². The van der Waals surface area contributed by atoms with E-state index in [-0.39, 0.29) is 75.1 Å². The van der Waals surface area contributed by atoms with Gasteiger partial charge in [-0.2, -0.15) is 0 Å². The normalized spacial score (nSPS) is 19.2. The number of hydrogen-bond acceptors (Lipinski definition) is 9. The van der Waals surface area contributed by atoms with E-state index in [0.717, 1.165) is 77.0 Å². The van der Waals surface area contributed by atoms with Gasteiger partial charge in [-0.15, -0.1) is 25.5 Å². The lowest BCUT2D eigenvalue weighted by Crippen LogP contribution is -2.30. The fourth-order valence-electron chi connectivity index (χ4n) is 6.59. The largest absolute Gasteiger partial charge is 0.458 e. The molecule has 0 spiro atoms. The zero-order valence-corrected chi connectivity index (χ0v) is 38.0. The number of carbonyl (C=O) groups excluding carboxylic acids is 3. The van der Waals surface area contributed by atoms with Gasteiger partial charge in [0, 0.05) is 25.7 Å². The standard InChI is InChI=1S/C55H68O9/c1-4-7-10-13-16-19-28-37-47-50(61-47)40-31-22-25-34-43-53(57)63-55(45-59-52(56)42-33-24-21-30-39-49-46(60-49)36-27-18-15-12-9-6-3)64-54(58)44-35-26-23-32-41-51-48(62-51)38-29-20-17-14-11-8-5-2/h3-5,46-51,55H,1-2,7-20,27-29,33-38,42-45H2/t46-,47-,48-,49-,50-,51-/m1/s1. The quantitative estimate of drug-likeness (QED) is 0.0163. The van der Waals surface area contributed by atoms with E-state index in [1.165, 1.54) is 51.4 Å². The molecule has 0 unspecified atom stereocenters. The summed E-state index contributed by atoms with van der Waals surface area (Å²) in [5.41, 5.74) is 0. The maximum absolute atomic E-state index is 12.7. The molecule has 9 heteroatoms. The fourth-order valence-corrected chi connectivity index (χ4v) is 6.59. The minimum atomic E-state index is -1.44. The Kier molecular flexibility index (Phi) is 29.1. The first kappa shape index (κ1) is 53.0. The van der Waals surface area contributed by atoms with Crippen LogP contribution in [-0.4, -0.2) is 67.4 Å². The van der Waals surface area contributed by atoms with Gasteiger partial charge in [0.05, 0.1) is 37.6 Å². The predicted octanol–water partition coefficient (Wildman–Crippen LogP) is 9.41. The fraction of sp³-hybridized carbons (Fsp3) is 0.618. The van der Waals surface area contributed by atoms with Gasteiger partial charge in [-0.3, -0.25) is 14.4 Å². The molecule has 3 aliphatic heterocycles. The van der Waals surface area contributed by atoms with Gasteiger partial charge in [0.1, 0.15) is 18.3 Å². The molecule has 9 nitrogen and oxygen atoms in total. The Morgan fingerprint density at radius 1 is 0.500 bits per heavy atom. The second-order valence-corrected chi connectivity index (χ2v) is 16.0. The third kappa shape index (κ3) is 28.4. The van der Waals surface area contributed by atoms with Gasteiger partial charge in [-0.25, -0.2) is 0 Å². The molecule has 0 aromatic heterocycles. The topological polar surface area (TPSA) is 116 Å². The molecule has 3 fully saturated rings. The van der Waals surface area contributed by atoms with Crippen LogP contribution in [0.3, 0.4) is 0 Å². The van der Waals surface area contributed by atoms with Gasteiger partial charge in [0.2, 0.25) is 0 Å². The first-order valence-electron chi connectivity index (χ1n) is 23.5. The van der Waals surface area contributed by atoms with Crippen molar-refractivity contribution in [3.05, 3.63) is 25.3 Å². The number of unbranched alkanes of at least 4 members (excludes halogenated alkanes) is 14. The summed E-state index contributed by atoms with van der Waals surface area (Å²) < 4.78 is 32.9. The van der Waals surface area contributed by atoms with Gasteiger partial charge in [0.15, 0.2) is 6.61 Å². The van der Waals surface area contributed by atoms with Gasteiger partial charge < -0.3 is 28.4 Å². The molecular weight excluding hydrogens is 805 g/mol. The van der Waals surface area contributed by atoms with Gasteiger partial charge in [-0.05, 0) is 86.9 Å². The smallest absolute Gasteiger partial charge is 0.309 e. The van der Waals surface area contributed by atoms with E-state index in [2.05, 4.69) is 90.1 Å². The Hall–Kier alpha value is -5.31. The summed E-state index contributed by atoms with van der Waals surface area (Å²) in [6.45, 7) is 7.05. The number of hydrogen-bond donors (Lipinski definition) is 0. The van der Waals surface area contributed by atoms with Crippen LogP contribution >= 0.6 is 0 Å². The second-order valence-electron chi connectivity index (χ2n) is 16.0. The molecule has 3 rings (SSSR count). The molecule has 3 aliphatic rings. The average Bonchev–Trinajstić information content (AvgIpc) is 4.23. The zero-order valence-electron chi connectivity index (χ0n) is 38.0. The summed E-state index contributed by atoms with van der Waals surface area (Å²) in [5.74, 6) is 34.9. The van der Waals surface area contributed by atoms with Gasteiger partial charge in [-0.1, -0.05) is 118 Å². The molecule has 3 saturated heterocycles. The molecule has 0 aromatic rings. The van der Waals surface area contributed by atoms with E-state index in [1.54, 1.807) is 0 Å². The molecule has 342 valence electrons. The summed E-state index contributed by atoms with van der Waals surface area (Å²) in [7, 11) is 0. The van der Waals surface area contributed by atoms with E-state index < -0.39 is 30.8 Å². The second kappa shape index (κ2) is 35.1. The molecule has 0 aromatic carbocycles. The highest BCUT2D eigenvalue weighted by molar-refractivity contribution is 5.72. The third-order valence-electron chi connectivity index (χ3n) is 10.5. The van der Waals surface area contributed by atoms with Crippen LogP contribution in [0.2, 0.25) is 0 Å². The third-order valence-corrected chi connectivity index (χ3v) is 10.5. The highest BCUT2D eigenvalue weighted by Crippen LogP contribution is 2.28. The Balaban J connectivity index is 1.36. The molecule has 0 N–H and O–H groups in total. The Bertz CT molecular complexity index is 1800. The average molecular weight is 873 g/mol. The van der Waals surface area contributed by atoms with Crippen LogP contribution in [0, 0.1) is 83.4 Å². The van der Waals surface area contributed by atoms with Crippen molar-refractivity contribution in [2.75, 3.05) is 6.61 Å². The molecular formula is C55H68O9. The first-order valence-corrected chi connectivity index (χ1v) is 23.5. The van der Waals surface area contributed by atoms with Crippen LogP contribution < -0.4 is 0 Å². The first-order chi connectivity index (χ1) is 31.4. The van der Waals surface area contributed by atoms with Crippen LogP contribution in [0.1, 0.15) is 167 Å². The van der Waals surface area contributed by atoms with Crippen molar-refractivity contribution < 1.29 is 42.8 Å². The van der Waals surface area contributed by atoms with Crippen LogP contribution in [-0.2, 0) is 42.8 Å².